The van der Waals surface area contributed by atoms with Gasteiger partial charge < -0.3 is 14.0 Å². The summed E-state index contributed by atoms with van der Waals surface area (Å²) in [6.45, 7) is 0.217. The van der Waals surface area contributed by atoms with Crippen molar-refractivity contribution in [2.45, 2.75) is 6.54 Å². The molecule has 0 aliphatic rings. The van der Waals surface area contributed by atoms with E-state index in [-0.39, 0.29) is 6.54 Å². The number of rotatable bonds is 4. The van der Waals surface area contributed by atoms with Gasteiger partial charge in [0.05, 0.1) is 36.0 Å². The predicted octanol–water partition coefficient (Wildman–Crippen LogP) is 4.40. The van der Waals surface area contributed by atoms with Crippen LogP contribution in [-0.4, -0.2) is 24.7 Å². The zero-order valence-electron chi connectivity index (χ0n) is 14.5. The minimum absolute atomic E-state index is 0.217. The number of benzene rings is 2. The maximum Gasteiger partial charge on any atom is 0.279 e. The van der Waals surface area contributed by atoms with Crippen LogP contribution in [0.25, 0.3) is 10.2 Å². The molecule has 8 heteroatoms. The van der Waals surface area contributed by atoms with Crippen molar-refractivity contribution in [3.63, 3.8) is 0 Å². The minimum Gasteiger partial charge on any atom is -0.497 e. The Hall–Kier alpha value is -2.46. The number of terminal acetylenes is 1. The zero-order chi connectivity index (χ0) is 19.6. The Morgan fingerprint density at radius 2 is 1.85 bits per heavy atom. The molecule has 1 aromatic heterocycles. The van der Waals surface area contributed by atoms with Gasteiger partial charge in [0.15, 0.2) is 4.80 Å². The summed E-state index contributed by atoms with van der Waals surface area (Å²) in [6.07, 6.45) is 5.48. The topological polar surface area (TPSA) is 52.8 Å². The van der Waals surface area contributed by atoms with E-state index in [0.29, 0.717) is 37.4 Å². The normalized spacial score (nSPS) is 11.4. The maximum absolute atomic E-state index is 12.7. The third-order valence-electron chi connectivity index (χ3n) is 3.74. The molecular formula is C19H14Cl2N2O3S. The van der Waals surface area contributed by atoms with Crippen molar-refractivity contribution in [1.29, 1.82) is 0 Å². The number of methoxy groups -OCH3 is 2. The number of aromatic nitrogens is 1. The van der Waals surface area contributed by atoms with Gasteiger partial charge in [-0.15, -0.1) is 6.42 Å². The Morgan fingerprint density at radius 1 is 1.19 bits per heavy atom. The molecule has 0 saturated heterocycles. The lowest BCUT2D eigenvalue weighted by Crippen LogP contribution is -2.16. The lowest BCUT2D eigenvalue weighted by Gasteiger charge is -2.06. The molecule has 0 bridgehead atoms. The highest BCUT2D eigenvalue weighted by Crippen LogP contribution is 2.30. The number of fused-ring (bicyclic) bond motifs is 1. The van der Waals surface area contributed by atoms with E-state index in [1.165, 1.54) is 25.6 Å². The first kappa shape index (κ1) is 19.3. The summed E-state index contributed by atoms with van der Waals surface area (Å²) in [5.41, 5.74) is 1.03. The highest BCUT2D eigenvalue weighted by atomic mass is 35.5. The molecule has 0 fully saturated rings. The molecule has 0 radical (unpaired) electrons. The Balaban J connectivity index is 2.18. The Morgan fingerprint density at radius 3 is 2.44 bits per heavy atom. The zero-order valence-corrected chi connectivity index (χ0v) is 16.8. The van der Waals surface area contributed by atoms with Gasteiger partial charge in [0.2, 0.25) is 0 Å². The number of carbonyl (C=O) groups is 1. The second kappa shape index (κ2) is 8.05. The summed E-state index contributed by atoms with van der Waals surface area (Å²) in [5, 5.41) is 0.943. The van der Waals surface area contributed by atoms with Crippen LogP contribution in [0.15, 0.2) is 35.3 Å². The Kier molecular flexibility index (Phi) is 5.76. The van der Waals surface area contributed by atoms with Gasteiger partial charge in [-0.05, 0) is 24.3 Å². The molecule has 3 aromatic rings. The number of carbonyl (C=O) groups excluding carboxylic acids is 1. The quantitative estimate of drug-likeness (QED) is 0.587. The van der Waals surface area contributed by atoms with Crippen LogP contribution < -0.4 is 14.3 Å². The van der Waals surface area contributed by atoms with E-state index in [1.54, 1.807) is 34.9 Å². The molecule has 138 valence electrons. The molecule has 3 rings (SSSR count). The smallest absolute Gasteiger partial charge is 0.279 e. The number of halogens is 2. The largest absolute Gasteiger partial charge is 0.497 e. The number of thiazole rings is 1. The van der Waals surface area contributed by atoms with Crippen molar-refractivity contribution in [1.82, 2.24) is 4.57 Å². The van der Waals surface area contributed by atoms with E-state index in [2.05, 4.69) is 10.9 Å². The number of hydrogen-bond acceptors (Lipinski definition) is 4. The van der Waals surface area contributed by atoms with Crippen molar-refractivity contribution >= 4 is 50.7 Å². The number of ether oxygens (including phenoxy) is 2. The molecule has 27 heavy (non-hydrogen) atoms. The van der Waals surface area contributed by atoms with Gasteiger partial charge in [-0.3, -0.25) is 4.79 Å². The van der Waals surface area contributed by atoms with E-state index in [0.717, 1.165) is 4.70 Å². The van der Waals surface area contributed by atoms with Crippen molar-refractivity contribution < 1.29 is 14.3 Å². The summed E-state index contributed by atoms with van der Waals surface area (Å²) >= 11 is 13.7. The molecule has 0 saturated carbocycles. The van der Waals surface area contributed by atoms with Crippen LogP contribution >= 0.6 is 34.5 Å². The van der Waals surface area contributed by atoms with Crippen LogP contribution in [0.5, 0.6) is 11.5 Å². The first-order valence-corrected chi connectivity index (χ1v) is 9.28. The molecule has 1 amide bonds. The predicted molar refractivity (Wildman–Crippen MR) is 108 cm³/mol. The lowest BCUT2D eigenvalue weighted by atomic mass is 10.2. The molecule has 0 N–H and O–H groups in total. The van der Waals surface area contributed by atoms with Crippen LogP contribution in [0.2, 0.25) is 10.0 Å². The van der Waals surface area contributed by atoms with E-state index in [4.69, 9.17) is 39.1 Å². The molecule has 0 atom stereocenters. The van der Waals surface area contributed by atoms with Crippen molar-refractivity contribution in [2.24, 2.45) is 4.99 Å². The third kappa shape index (κ3) is 3.96. The van der Waals surface area contributed by atoms with Crippen LogP contribution in [0.3, 0.4) is 0 Å². The number of nitrogens with zero attached hydrogens (tertiary/aromatic N) is 2. The number of hydrogen-bond donors (Lipinski definition) is 0. The van der Waals surface area contributed by atoms with Crippen LogP contribution in [0.1, 0.15) is 10.4 Å². The first-order chi connectivity index (χ1) is 13.0. The van der Waals surface area contributed by atoms with Gasteiger partial charge in [-0.25, -0.2) is 0 Å². The van der Waals surface area contributed by atoms with Crippen molar-refractivity contribution in [3.8, 4) is 23.8 Å². The van der Waals surface area contributed by atoms with Gasteiger partial charge in [0.1, 0.15) is 11.5 Å². The van der Waals surface area contributed by atoms with E-state index in [9.17, 15) is 4.79 Å². The fourth-order valence-electron chi connectivity index (χ4n) is 2.53. The van der Waals surface area contributed by atoms with E-state index >= 15 is 0 Å². The maximum atomic E-state index is 12.7. The molecule has 0 aliphatic heterocycles. The van der Waals surface area contributed by atoms with Crippen molar-refractivity contribution in [3.05, 3.63) is 50.7 Å². The summed E-state index contributed by atoms with van der Waals surface area (Å²) in [4.78, 5) is 17.4. The second-order valence-electron chi connectivity index (χ2n) is 5.43. The first-order valence-electron chi connectivity index (χ1n) is 7.70. The molecular weight excluding hydrogens is 407 g/mol. The van der Waals surface area contributed by atoms with Gasteiger partial charge >= 0.3 is 0 Å². The lowest BCUT2D eigenvalue weighted by molar-refractivity contribution is 0.0997. The Labute approximate surface area is 169 Å². The highest BCUT2D eigenvalue weighted by molar-refractivity contribution is 7.16. The third-order valence-corrected chi connectivity index (χ3v) is 5.27. The van der Waals surface area contributed by atoms with Gasteiger partial charge in [0, 0.05) is 16.7 Å². The van der Waals surface area contributed by atoms with Crippen LogP contribution in [0, 0.1) is 12.3 Å². The average Bonchev–Trinajstić information content (AvgIpc) is 2.98. The van der Waals surface area contributed by atoms with Gasteiger partial charge in [-0.2, -0.15) is 4.99 Å². The van der Waals surface area contributed by atoms with E-state index < -0.39 is 5.91 Å². The van der Waals surface area contributed by atoms with E-state index in [1.807, 2.05) is 0 Å². The van der Waals surface area contributed by atoms with Crippen LogP contribution in [-0.2, 0) is 6.54 Å². The molecule has 5 nitrogen and oxygen atoms in total. The highest BCUT2D eigenvalue weighted by Gasteiger charge is 2.14. The van der Waals surface area contributed by atoms with Crippen LogP contribution in [0.4, 0.5) is 0 Å². The molecule has 0 aliphatic carbocycles. The average molecular weight is 421 g/mol. The fourth-order valence-corrected chi connectivity index (χ4v) is 4.34. The van der Waals surface area contributed by atoms with Crippen molar-refractivity contribution in [2.75, 3.05) is 14.2 Å². The molecule has 0 unspecified atom stereocenters. The summed E-state index contributed by atoms with van der Waals surface area (Å²) in [5.74, 6) is 3.10. The van der Waals surface area contributed by atoms with Gasteiger partial charge in [0.25, 0.3) is 5.91 Å². The SMILES string of the molecule is C#CCn1c(=NC(=O)c2cc(OC)cc(OC)c2)sc2cc(Cl)cc(Cl)c21. The van der Waals surface area contributed by atoms with Gasteiger partial charge in [-0.1, -0.05) is 40.5 Å². The Bertz CT molecular complexity index is 1120. The molecule has 1 heterocycles. The summed E-state index contributed by atoms with van der Waals surface area (Å²) in [6, 6.07) is 8.26. The molecule has 0 spiro atoms. The fraction of sp³-hybridized carbons (Fsp3) is 0.158. The minimum atomic E-state index is -0.452. The summed E-state index contributed by atoms with van der Waals surface area (Å²) < 4.78 is 12.9. The monoisotopic (exact) mass is 420 g/mol. The summed E-state index contributed by atoms with van der Waals surface area (Å²) in [7, 11) is 3.03. The number of amides is 1. The standard InChI is InChI=1S/C19H14Cl2N2O3S/c1-4-5-23-17-15(21)8-12(20)9-16(17)27-19(23)22-18(24)11-6-13(25-2)10-14(7-11)26-3/h1,6-10H,5H2,2-3H3. The second-order valence-corrected chi connectivity index (χ2v) is 7.28. The molecule has 2 aromatic carbocycles.